The van der Waals surface area contributed by atoms with Gasteiger partial charge in [0.15, 0.2) is 0 Å². The van der Waals surface area contributed by atoms with E-state index in [-0.39, 0.29) is 0 Å². The van der Waals surface area contributed by atoms with Gasteiger partial charge in [-0.25, -0.2) is 4.98 Å². The second-order valence-electron chi connectivity index (χ2n) is 4.43. The summed E-state index contributed by atoms with van der Waals surface area (Å²) in [5.41, 5.74) is 1.25. The number of nitrogens with zero attached hydrogens (tertiary/aromatic N) is 2. The second-order valence-corrected chi connectivity index (χ2v) is 4.43. The molecule has 1 aliphatic heterocycles. The van der Waals surface area contributed by atoms with Crippen LogP contribution in [0, 0.1) is 0 Å². The van der Waals surface area contributed by atoms with Crippen LogP contribution in [0.2, 0.25) is 0 Å². The average molecular weight is 223 g/mol. The third kappa shape index (κ3) is 2.62. The number of imidazole rings is 1. The summed E-state index contributed by atoms with van der Waals surface area (Å²) in [6.45, 7) is 2.75. The van der Waals surface area contributed by atoms with Gasteiger partial charge in [-0.3, -0.25) is 0 Å². The average Bonchev–Trinajstić information content (AvgIpc) is 2.69. The zero-order chi connectivity index (χ0) is 11.4. The lowest BCUT2D eigenvalue weighted by molar-refractivity contribution is 0.0845. The van der Waals surface area contributed by atoms with E-state index in [1.807, 2.05) is 7.05 Å². The van der Waals surface area contributed by atoms with E-state index < -0.39 is 0 Å². The number of rotatable bonds is 4. The Kier molecular flexibility index (Phi) is 3.96. The molecule has 1 aromatic rings. The second kappa shape index (κ2) is 5.46. The summed E-state index contributed by atoms with van der Waals surface area (Å²) in [4.78, 5) is 4.74. The molecule has 1 aliphatic rings. The SMILES string of the molecule is CNCCc1nc(C2CCOCC2)cn1C. The van der Waals surface area contributed by atoms with Crippen LogP contribution in [0.25, 0.3) is 0 Å². The molecule has 2 heterocycles. The quantitative estimate of drug-likeness (QED) is 0.830. The molecule has 0 aliphatic carbocycles. The first-order valence-corrected chi connectivity index (χ1v) is 6.05. The Labute approximate surface area is 97.0 Å². The van der Waals surface area contributed by atoms with Gasteiger partial charge in [0.2, 0.25) is 0 Å². The van der Waals surface area contributed by atoms with Crippen molar-refractivity contribution in [1.29, 1.82) is 0 Å². The molecule has 0 spiro atoms. The van der Waals surface area contributed by atoms with Crippen molar-refractivity contribution in [1.82, 2.24) is 14.9 Å². The minimum absolute atomic E-state index is 0.600. The van der Waals surface area contributed by atoms with E-state index >= 15 is 0 Å². The maximum absolute atomic E-state index is 5.38. The van der Waals surface area contributed by atoms with Crippen LogP contribution in [-0.4, -0.2) is 36.4 Å². The molecular formula is C12H21N3O. The van der Waals surface area contributed by atoms with Crippen molar-refractivity contribution >= 4 is 0 Å². The molecule has 0 unspecified atom stereocenters. The van der Waals surface area contributed by atoms with Gasteiger partial charge < -0.3 is 14.6 Å². The zero-order valence-corrected chi connectivity index (χ0v) is 10.2. The molecule has 2 rings (SSSR count). The standard InChI is InChI=1S/C12H21N3O/c1-13-6-3-12-14-11(9-15(12)2)10-4-7-16-8-5-10/h9-10,13H,3-8H2,1-2H3. The fraction of sp³-hybridized carbons (Fsp3) is 0.750. The van der Waals surface area contributed by atoms with Crippen LogP contribution < -0.4 is 5.32 Å². The molecule has 0 aromatic carbocycles. The minimum atomic E-state index is 0.600. The molecule has 1 N–H and O–H groups in total. The molecule has 16 heavy (non-hydrogen) atoms. The van der Waals surface area contributed by atoms with Crippen LogP contribution in [0.15, 0.2) is 6.20 Å². The van der Waals surface area contributed by atoms with Gasteiger partial charge in [0.25, 0.3) is 0 Å². The van der Waals surface area contributed by atoms with Crippen molar-refractivity contribution < 1.29 is 4.74 Å². The summed E-state index contributed by atoms with van der Waals surface area (Å²) in [7, 11) is 4.06. The Bertz CT molecular complexity index is 329. The minimum Gasteiger partial charge on any atom is -0.381 e. The van der Waals surface area contributed by atoms with Gasteiger partial charge in [0.1, 0.15) is 5.82 Å². The number of hydrogen-bond donors (Lipinski definition) is 1. The van der Waals surface area contributed by atoms with Crippen molar-refractivity contribution in [3.8, 4) is 0 Å². The molecule has 0 saturated carbocycles. The highest BCUT2D eigenvalue weighted by Crippen LogP contribution is 2.25. The van der Waals surface area contributed by atoms with Gasteiger partial charge in [-0.15, -0.1) is 0 Å². The number of hydrogen-bond acceptors (Lipinski definition) is 3. The molecule has 0 radical (unpaired) electrons. The first-order chi connectivity index (χ1) is 7.81. The van der Waals surface area contributed by atoms with Crippen molar-refractivity contribution in [3.05, 3.63) is 17.7 Å². The largest absolute Gasteiger partial charge is 0.381 e. The van der Waals surface area contributed by atoms with Crippen molar-refractivity contribution in [2.75, 3.05) is 26.8 Å². The Morgan fingerprint density at radius 3 is 2.94 bits per heavy atom. The number of aryl methyl sites for hydroxylation is 1. The van der Waals surface area contributed by atoms with Crippen LogP contribution in [-0.2, 0) is 18.2 Å². The smallest absolute Gasteiger partial charge is 0.109 e. The molecule has 4 nitrogen and oxygen atoms in total. The van der Waals surface area contributed by atoms with Crippen LogP contribution >= 0.6 is 0 Å². The van der Waals surface area contributed by atoms with E-state index in [0.29, 0.717) is 5.92 Å². The van der Waals surface area contributed by atoms with Crippen LogP contribution in [0.5, 0.6) is 0 Å². The van der Waals surface area contributed by atoms with Crippen molar-refractivity contribution in [3.63, 3.8) is 0 Å². The van der Waals surface area contributed by atoms with E-state index in [1.54, 1.807) is 0 Å². The molecule has 0 amide bonds. The Morgan fingerprint density at radius 2 is 2.25 bits per heavy atom. The van der Waals surface area contributed by atoms with Gasteiger partial charge in [-0.05, 0) is 19.9 Å². The zero-order valence-electron chi connectivity index (χ0n) is 10.2. The molecule has 1 fully saturated rings. The lowest BCUT2D eigenvalue weighted by atomic mass is 9.97. The first kappa shape index (κ1) is 11.6. The molecule has 90 valence electrons. The lowest BCUT2D eigenvalue weighted by Crippen LogP contribution is -2.14. The number of aromatic nitrogens is 2. The third-order valence-electron chi connectivity index (χ3n) is 3.23. The lowest BCUT2D eigenvalue weighted by Gasteiger charge is -2.19. The summed E-state index contributed by atoms with van der Waals surface area (Å²) in [6, 6.07) is 0. The van der Waals surface area contributed by atoms with E-state index in [1.165, 1.54) is 11.5 Å². The molecule has 1 saturated heterocycles. The molecule has 0 atom stereocenters. The highest BCUT2D eigenvalue weighted by Gasteiger charge is 2.19. The topological polar surface area (TPSA) is 39.1 Å². The summed E-state index contributed by atoms with van der Waals surface area (Å²) >= 11 is 0. The van der Waals surface area contributed by atoms with E-state index in [4.69, 9.17) is 9.72 Å². The Morgan fingerprint density at radius 1 is 1.50 bits per heavy atom. The first-order valence-electron chi connectivity index (χ1n) is 6.05. The monoisotopic (exact) mass is 223 g/mol. The Balaban J connectivity index is 2.03. The van der Waals surface area contributed by atoms with Gasteiger partial charge in [0, 0.05) is 45.3 Å². The van der Waals surface area contributed by atoms with Gasteiger partial charge in [-0.2, -0.15) is 0 Å². The van der Waals surface area contributed by atoms with Gasteiger partial charge in [0.05, 0.1) is 5.69 Å². The highest BCUT2D eigenvalue weighted by molar-refractivity contribution is 5.10. The predicted octanol–water partition coefficient (Wildman–Crippen LogP) is 1.08. The molecule has 1 aromatic heterocycles. The number of likely N-dealkylation sites (N-methyl/N-ethyl adjacent to an activating group) is 1. The Hall–Kier alpha value is -0.870. The van der Waals surface area contributed by atoms with Crippen LogP contribution in [0.1, 0.15) is 30.3 Å². The summed E-state index contributed by atoms with van der Waals surface area (Å²) in [5.74, 6) is 1.78. The highest BCUT2D eigenvalue weighted by atomic mass is 16.5. The fourth-order valence-electron chi connectivity index (χ4n) is 2.19. The van der Waals surface area contributed by atoms with Crippen LogP contribution in [0.3, 0.4) is 0 Å². The number of ether oxygens (including phenoxy) is 1. The summed E-state index contributed by atoms with van der Waals surface area (Å²) in [6.07, 6.45) is 5.40. The van der Waals surface area contributed by atoms with E-state index in [2.05, 4.69) is 23.1 Å². The molecular weight excluding hydrogens is 202 g/mol. The normalized spacial score (nSPS) is 17.9. The van der Waals surface area contributed by atoms with Gasteiger partial charge >= 0.3 is 0 Å². The summed E-state index contributed by atoms with van der Waals surface area (Å²) in [5, 5.41) is 3.16. The molecule has 0 bridgehead atoms. The predicted molar refractivity (Wildman–Crippen MR) is 63.6 cm³/mol. The maximum atomic E-state index is 5.38. The number of nitrogens with one attached hydrogen (secondary N) is 1. The molecule has 4 heteroatoms. The third-order valence-corrected chi connectivity index (χ3v) is 3.23. The van der Waals surface area contributed by atoms with Crippen molar-refractivity contribution in [2.45, 2.75) is 25.2 Å². The summed E-state index contributed by atoms with van der Waals surface area (Å²) < 4.78 is 7.53. The van der Waals surface area contributed by atoms with E-state index in [9.17, 15) is 0 Å². The maximum Gasteiger partial charge on any atom is 0.109 e. The van der Waals surface area contributed by atoms with Crippen molar-refractivity contribution in [2.24, 2.45) is 7.05 Å². The fourth-order valence-corrected chi connectivity index (χ4v) is 2.19. The van der Waals surface area contributed by atoms with Gasteiger partial charge in [-0.1, -0.05) is 0 Å². The van der Waals surface area contributed by atoms with E-state index in [0.717, 1.165) is 39.0 Å². The van der Waals surface area contributed by atoms with Crippen LogP contribution in [0.4, 0.5) is 0 Å².